The number of hydrogen-bond acceptors (Lipinski definition) is 6. The summed E-state index contributed by atoms with van der Waals surface area (Å²) in [5.41, 5.74) is 5.86. The van der Waals surface area contributed by atoms with Crippen molar-refractivity contribution in [2.45, 2.75) is 44.5 Å². The zero-order valence-electron chi connectivity index (χ0n) is 15.8. The van der Waals surface area contributed by atoms with E-state index in [2.05, 4.69) is 33.1 Å². The molecule has 0 aliphatic carbocycles. The number of thiocarbonyl (C=S) groups is 1. The Bertz CT molecular complexity index is 699. The fourth-order valence-electron chi connectivity index (χ4n) is 2.87. The van der Waals surface area contributed by atoms with Gasteiger partial charge >= 0.3 is 0 Å². The van der Waals surface area contributed by atoms with E-state index in [9.17, 15) is 0 Å². The van der Waals surface area contributed by atoms with Gasteiger partial charge in [0.25, 0.3) is 0 Å². The van der Waals surface area contributed by atoms with Crippen molar-refractivity contribution in [1.82, 2.24) is 10.7 Å². The molecule has 0 amide bonds. The third-order valence-corrected chi connectivity index (χ3v) is 6.07. The number of nitrogens with zero attached hydrogens (tertiary/aromatic N) is 2. The van der Waals surface area contributed by atoms with Crippen LogP contribution in [-0.4, -0.2) is 47.0 Å². The van der Waals surface area contributed by atoms with Crippen LogP contribution in [-0.2, 0) is 4.74 Å². The second kappa shape index (κ2) is 10.1. The highest BCUT2D eigenvalue weighted by Gasteiger charge is 2.17. The zero-order chi connectivity index (χ0) is 19.1. The second-order valence-corrected chi connectivity index (χ2v) is 8.35. The van der Waals surface area contributed by atoms with Crippen molar-refractivity contribution in [2.75, 3.05) is 25.0 Å². The largest absolute Gasteiger partial charge is 0.376 e. The molecule has 0 spiro atoms. The molecule has 3 N–H and O–H groups in total. The number of hydrogen-bond donors (Lipinski definition) is 3. The van der Waals surface area contributed by atoms with Crippen molar-refractivity contribution in [3.8, 4) is 0 Å². The molecule has 3 rings (SSSR count). The lowest BCUT2D eigenvalue weighted by Crippen LogP contribution is -2.37. The first-order valence-corrected chi connectivity index (χ1v) is 10.7. The molecule has 146 valence electrons. The van der Waals surface area contributed by atoms with Gasteiger partial charge in [0, 0.05) is 24.1 Å². The van der Waals surface area contributed by atoms with Gasteiger partial charge in [0.15, 0.2) is 10.3 Å². The van der Waals surface area contributed by atoms with Crippen LogP contribution >= 0.6 is 24.0 Å². The summed E-state index contributed by atoms with van der Waals surface area (Å²) < 4.78 is 5.57. The number of hydrazone groups is 1. The minimum Gasteiger partial charge on any atom is -0.376 e. The van der Waals surface area contributed by atoms with Crippen molar-refractivity contribution >= 4 is 45.7 Å². The Hall–Kier alpha value is -1.64. The number of anilines is 1. The first-order chi connectivity index (χ1) is 13.1. The molecule has 0 unspecified atom stereocenters. The molecule has 0 radical (unpaired) electrons. The summed E-state index contributed by atoms with van der Waals surface area (Å²) in [6, 6.07) is 8.18. The van der Waals surface area contributed by atoms with E-state index in [0.717, 1.165) is 61.1 Å². The van der Waals surface area contributed by atoms with Gasteiger partial charge in [0.1, 0.15) is 0 Å². The average Bonchev–Trinajstić information content (AvgIpc) is 3.36. The molecular weight excluding hydrogens is 378 g/mol. The molecule has 8 heteroatoms. The summed E-state index contributed by atoms with van der Waals surface area (Å²) in [6.07, 6.45) is 3.61. The summed E-state index contributed by atoms with van der Waals surface area (Å²) in [5, 5.41) is 13.0. The monoisotopic (exact) mass is 405 g/mol. The smallest absolute Gasteiger partial charge is 0.187 e. The number of aliphatic imine (C=N–C) groups is 1. The van der Waals surface area contributed by atoms with E-state index >= 15 is 0 Å². The van der Waals surface area contributed by atoms with Crippen molar-refractivity contribution in [1.29, 1.82) is 0 Å². The van der Waals surface area contributed by atoms with Crippen LogP contribution in [0, 0.1) is 0 Å². The van der Waals surface area contributed by atoms with E-state index in [4.69, 9.17) is 17.0 Å². The van der Waals surface area contributed by atoms with Crippen LogP contribution in [0.3, 0.4) is 0 Å². The lowest BCUT2D eigenvalue weighted by molar-refractivity contribution is 0.114. The van der Waals surface area contributed by atoms with Crippen LogP contribution in [0.5, 0.6) is 0 Å². The molecule has 27 heavy (non-hydrogen) atoms. The van der Waals surface area contributed by atoms with Crippen LogP contribution in [0.4, 0.5) is 5.69 Å². The van der Waals surface area contributed by atoms with Crippen molar-refractivity contribution in [3.05, 3.63) is 29.8 Å². The van der Waals surface area contributed by atoms with Gasteiger partial charge in [-0.2, -0.15) is 5.10 Å². The highest BCUT2D eigenvalue weighted by molar-refractivity contribution is 8.15. The van der Waals surface area contributed by atoms with Gasteiger partial charge in [-0.1, -0.05) is 30.8 Å². The van der Waals surface area contributed by atoms with E-state index in [1.807, 2.05) is 43.0 Å². The highest BCUT2D eigenvalue weighted by Crippen LogP contribution is 2.24. The standard InChI is InChI=1S/C19H27N5OS2/c1-3-17-12-21-19(27-17)22-15-8-6-14(7-9-15)13(2)23-24-18(26)20-11-16-5-4-10-25-16/h6-9,16-17H,3-5,10-12H2,1-2H3,(H,21,22)(H2,20,24,26)/b23-13-/t16-,17+/m1/s1. The second-order valence-electron chi connectivity index (χ2n) is 6.65. The number of thioether (sulfide) groups is 1. The van der Waals surface area contributed by atoms with Gasteiger partial charge in [0.05, 0.1) is 18.4 Å². The van der Waals surface area contributed by atoms with Crippen LogP contribution in [0.1, 0.15) is 38.7 Å². The highest BCUT2D eigenvalue weighted by atomic mass is 32.2. The Morgan fingerprint density at radius 1 is 1.37 bits per heavy atom. The Morgan fingerprint density at radius 3 is 2.85 bits per heavy atom. The van der Waals surface area contributed by atoms with Crippen LogP contribution in [0.15, 0.2) is 34.4 Å². The Morgan fingerprint density at radius 2 is 2.19 bits per heavy atom. The predicted octanol–water partition coefficient (Wildman–Crippen LogP) is 3.35. The molecule has 0 bridgehead atoms. The molecular formula is C19H27N5OS2. The maximum atomic E-state index is 5.57. The zero-order valence-corrected chi connectivity index (χ0v) is 17.5. The van der Waals surface area contributed by atoms with Crippen molar-refractivity contribution in [2.24, 2.45) is 10.1 Å². The number of ether oxygens (including phenoxy) is 1. The Kier molecular flexibility index (Phi) is 7.49. The topological polar surface area (TPSA) is 70.0 Å². The number of rotatable bonds is 6. The molecule has 6 nitrogen and oxygen atoms in total. The predicted molar refractivity (Wildman–Crippen MR) is 119 cm³/mol. The third kappa shape index (κ3) is 6.19. The summed E-state index contributed by atoms with van der Waals surface area (Å²) in [7, 11) is 0. The van der Waals surface area contributed by atoms with E-state index in [-0.39, 0.29) is 6.10 Å². The number of nitrogens with one attached hydrogen (secondary N) is 3. The van der Waals surface area contributed by atoms with Crippen LogP contribution < -0.4 is 16.1 Å². The molecule has 2 aliphatic heterocycles. The first-order valence-electron chi connectivity index (χ1n) is 9.42. The normalized spacial score (nSPS) is 22.4. The van der Waals surface area contributed by atoms with Gasteiger partial charge in [-0.3, -0.25) is 10.4 Å². The molecule has 0 saturated carbocycles. The van der Waals surface area contributed by atoms with E-state index in [1.165, 1.54) is 0 Å². The van der Waals surface area contributed by atoms with E-state index in [0.29, 0.717) is 10.4 Å². The Balaban J connectivity index is 1.45. The fraction of sp³-hybridized carbons (Fsp3) is 0.526. The molecule has 2 aliphatic rings. The summed E-state index contributed by atoms with van der Waals surface area (Å²) >= 11 is 7.08. The average molecular weight is 406 g/mol. The van der Waals surface area contributed by atoms with Gasteiger partial charge in [-0.25, -0.2) is 0 Å². The minimum atomic E-state index is 0.255. The lowest BCUT2D eigenvalue weighted by atomic mass is 10.1. The summed E-state index contributed by atoms with van der Waals surface area (Å²) in [4.78, 5) is 4.54. The molecule has 1 aromatic rings. The minimum absolute atomic E-state index is 0.255. The van der Waals surface area contributed by atoms with Crippen LogP contribution in [0.25, 0.3) is 0 Å². The molecule has 2 atom stereocenters. The number of amidine groups is 1. The lowest BCUT2D eigenvalue weighted by Gasteiger charge is -2.12. The Labute approximate surface area is 170 Å². The fourth-order valence-corrected chi connectivity index (χ4v) is 3.95. The quantitative estimate of drug-likeness (QED) is 0.383. The van der Waals surface area contributed by atoms with Crippen LogP contribution in [0.2, 0.25) is 0 Å². The van der Waals surface area contributed by atoms with Gasteiger partial charge in [-0.05, 0) is 56.1 Å². The van der Waals surface area contributed by atoms with E-state index < -0.39 is 0 Å². The molecule has 1 saturated heterocycles. The first kappa shape index (κ1) is 20.1. The van der Waals surface area contributed by atoms with Gasteiger partial charge < -0.3 is 15.4 Å². The van der Waals surface area contributed by atoms with Gasteiger partial charge in [0.2, 0.25) is 0 Å². The maximum Gasteiger partial charge on any atom is 0.187 e. The SMILES string of the molecule is CC[C@H]1CN=C(Nc2ccc(/C(C)=N\NC(=S)NC[C@H]3CCCO3)cc2)S1. The molecule has 1 aromatic carbocycles. The van der Waals surface area contributed by atoms with E-state index in [1.54, 1.807) is 0 Å². The third-order valence-electron chi connectivity index (χ3n) is 4.57. The summed E-state index contributed by atoms with van der Waals surface area (Å²) in [5.74, 6) is 0. The molecule has 2 heterocycles. The maximum absolute atomic E-state index is 5.57. The summed E-state index contributed by atoms with van der Waals surface area (Å²) in [6.45, 7) is 6.63. The van der Waals surface area contributed by atoms with Crippen molar-refractivity contribution in [3.63, 3.8) is 0 Å². The van der Waals surface area contributed by atoms with Gasteiger partial charge in [-0.15, -0.1) is 0 Å². The molecule has 1 fully saturated rings. The van der Waals surface area contributed by atoms with Crippen molar-refractivity contribution < 1.29 is 4.74 Å². The molecule has 0 aromatic heterocycles. The number of benzene rings is 1.